The molecule has 0 bridgehead atoms. The van der Waals surface area contributed by atoms with Crippen LogP contribution in [-0.2, 0) is 11.2 Å². The number of halogens is 1. The monoisotopic (exact) mass is 434 g/mol. The molecule has 2 N–H and O–H groups in total. The van der Waals surface area contributed by atoms with Crippen molar-refractivity contribution in [2.24, 2.45) is 4.99 Å². The molecule has 1 unspecified atom stereocenters. The molecule has 1 aliphatic heterocycles. The average Bonchev–Trinajstić information content (AvgIpc) is 3.36. The fourth-order valence-electron chi connectivity index (χ4n) is 3.89. The number of carboxylic acid groups (broad SMARTS) is 1. The van der Waals surface area contributed by atoms with E-state index in [0.717, 1.165) is 21.9 Å². The van der Waals surface area contributed by atoms with Gasteiger partial charge in [-0.1, -0.05) is 36.4 Å². The zero-order valence-corrected chi connectivity index (χ0v) is 17.3. The third-order valence-electron chi connectivity index (χ3n) is 5.44. The summed E-state index contributed by atoms with van der Waals surface area (Å²) in [5, 5.41) is 13.5. The first-order valence-electron chi connectivity index (χ1n) is 9.85. The van der Waals surface area contributed by atoms with Crippen molar-refractivity contribution in [1.29, 1.82) is 0 Å². The van der Waals surface area contributed by atoms with Gasteiger partial charge in [0.2, 0.25) is 0 Å². The summed E-state index contributed by atoms with van der Waals surface area (Å²) in [7, 11) is 0. The maximum absolute atomic E-state index is 13.5. The number of aliphatic carboxylic acids is 1. The molecule has 0 radical (unpaired) electrons. The predicted octanol–water partition coefficient (Wildman–Crippen LogP) is 5.05. The standard InChI is InChI=1S/C24H19FN2O3S/c25-17-9-8-16-10-18(26-20(16)11-17)12-24(23(28)29)14-31-22(27-24)13-30-21-7-3-5-15-4-1-2-6-19(15)21/h1-11,26H,12-14H2,(H,28,29). The van der Waals surface area contributed by atoms with Crippen molar-refractivity contribution < 1.29 is 19.0 Å². The second-order valence-electron chi connectivity index (χ2n) is 7.60. The van der Waals surface area contributed by atoms with Crippen LogP contribution in [0.15, 0.2) is 71.7 Å². The van der Waals surface area contributed by atoms with Crippen molar-refractivity contribution >= 4 is 44.5 Å². The number of nitrogens with one attached hydrogen (secondary N) is 1. The first kappa shape index (κ1) is 19.6. The van der Waals surface area contributed by atoms with Crippen molar-refractivity contribution in [3.8, 4) is 5.75 Å². The fraction of sp³-hybridized carbons (Fsp3) is 0.167. The maximum atomic E-state index is 13.5. The van der Waals surface area contributed by atoms with Crippen molar-refractivity contribution in [3.63, 3.8) is 0 Å². The lowest BCUT2D eigenvalue weighted by Crippen LogP contribution is -2.39. The highest BCUT2D eigenvalue weighted by Gasteiger charge is 2.43. The Morgan fingerprint density at radius 3 is 2.84 bits per heavy atom. The highest BCUT2D eigenvalue weighted by molar-refractivity contribution is 8.14. The highest BCUT2D eigenvalue weighted by Crippen LogP contribution is 2.33. The molecule has 0 aliphatic carbocycles. The molecule has 0 amide bonds. The normalized spacial score (nSPS) is 18.4. The number of benzene rings is 3. The molecule has 1 aromatic heterocycles. The van der Waals surface area contributed by atoms with E-state index in [9.17, 15) is 14.3 Å². The smallest absolute Gasteiger partial charge is 0.332 e. The molecule has 1 atom stereocenters. The Morgan fingerprint density at radius 2 is 1.97 bits per heavy atom. The van der Waals surface area contributed by atoms with Gasteiger partial charge in [-0.3, -0.25) is 4.99 Å². The highest BCUT2D eigenvalue weighted by atomic mass is 32.2. The van der Waals surface area contributed by atoms with Gasteiger partial charge in [-0.15, -0.1) is 11.8 Å². The van der Waals surface area contributed by atoms with E-state index in [1.165, 1.54) is 23.9 Å². The molecule has 156 valence electrons. The summed E-state index contributed by atoms with van der Waals surface area (Å²) in [6.45, 7) is 0.214. The van der Waals surface area contributed by atoms with E-state index in [4.69, 9.17) is 4.74 Å². The minimum Gasteiger partial charge on any atom is -0.486 e. The van der Waals surface area contributed by atoms with Gasteiger partial charge in [-0.05, 0) is 41.1 Å². The van der Waals surface area contributed by atoms with Gasteiger partial charge in [-0.25, -0.2) is 9.18 Å². The molecule has 2 heterocycles. The van der Waals surface area contributed by atoms with Crippen LogP contribution in [0.2, 0.25) is 0 Å². The number of carbonyl (C=O) groups is 1. The molecular weight excluding hydrogens is 415 g/mol. The minimum absolute atomic E-state index is 0.198. The molecule has 1 aliphatic rings. The van der Waals surface area contributed by atoms with Gasteiger partial charge in [0, 0.05) is 28.8 Å². The first-order chi connectivity index (χ1) is 15.0. The van der Waals surface area contributed by atoms with E-state index in [-0.39, 0.29) is 18.8 Å². The lowest BCUT2D eigenvalue weighted by atomic mass is 9.96. The van der Waals surface area contributed by atoms with Crippen LogP contribution in [-0.4, -0.2) is 39.0 Å². The van der Waals surface area contributed by atoms with Crippen LogP contribution in [0.5, 0.6) is 5.75 Å². The predicted molar refractivity (Wildman–Crippen MR) is 122 cm³/mol. The van der Waals surface area contributed by atoms with Crippen LogP contribution in [0.4, 0.5) is 4.39 Å². The van der Waals surface area contributed by atoms with E-state index in [1.807, 2.05) is 48.5 Å². The van der Waals surface area contributed by atoms with Crippen LogP contribution < -0.4 is 4.74 Å². The maximum Gasteiger partial charge on any atom is 0.332 e. The number of ether oxygens (including phenoxy) is 1. The number of hydrogen-bond acceptors (Lipinski definition) is 4. The lowest BCUT2D eigenvalue weighted by Gasteiger charge is -2.19. The Morgan fingerprint density at radius 1 is 1.13 bits per heavy atom. The van der Waals surface area contributed by atoms with Gasteiger partial charge in [0.15, 0.2) is 5.54 Å². The Kier molecular flexibility index (Phi) is 4.90. The molecule has 0 saturated heterocycles. The summed E-state index contributed by atoms with van der Waals surface area (Å²) in [6, 6.07) is 20.1. The summed E-state index contributed by atoms with van der Waals surface area (Å²) in [5.41, 5.74) is 0.0786. The molecule has 5 rings (SSSR count). The number of H-pyrrole nitrogens is 1. The number of aliphatic imine (C=N–C) groups is 1. The summed E-state index contributed by atoms with van der Waals surface area (Å²) in [6.07, 6.45) is 0.198. The van der Waals surface area contributed by atoms with Crippen molar-refractivity contribution in [3.05, 3.63) is 78.2 Å². The van der Waals surface area contributed by atoms with E-state index in [1.54, 1.807) is 6.07 Å². The van der Waals surface area contributed by atoms with Crippen LogP contribution in [0.1, 0.15) is 5.69 Å². The molecule has 0 spiro atoms. The van der Waals surface area contributed by atoms with Gasteiger partial charge in [-0.2, -0.15) is 0 Å². The van der Waals surface area contributed by atoms with Gasteiger partial charge in [0.05, 0.1) is 0 Å². The molecule has 0 fully saturated rings. The van der Waals surface area contributed by atoms with Crippen molar-refractivity contribution in [1.82, 2.24) is 4.98 Å². The Labute approximate surface area is 181 Å². The third kappa shape index (κ3) is 3.77. The number of hydrogen-bond donors (Lipinski definition) is 2. The lowest BCUT2D eigenvalue weighted by molar-refractivity contribution is -0.142. The molecule has 3 aromatic carbocycles. The van der Waals surface area contributed by atoms with Crippen LogP contribution >= 0.6 is 11.8 Å². The Balaban J connectivity index is 1.37. The van der Waals surface area contributed by atoms with Gasteiger partial charge in [0.1, 0.15) is 23.2 Å². The van der Waals surface area contributed by atoms with E-state index >= 15 is 0 Å². The fourth-order valence-corrected chi connectivity index (χ4v) is 4.96. The SMILES string of the molecule is O=C(O)C1(Cc2cc3ccc(F)cc3[nH]2)CSC(COc2cccc3ccccc23)=N1. The largest absolute Gasteiger partial charge is 0.486 e. The summed E-state index contributed by atoms with van der Waals surface area (Å²) < 4.78 is 19.5. The van der Waals surface area contributed by atoms with E-state index in [0.29, 0.717) is 22.0 Å². The molecular formula is C24H19FN2O3S. The zero-order valence-electron chi connectivity index (χ0n) is 16.5. The quantitative estimate of drug-likeness (QED) is 0.445. The number of fused-ring (bicyclic) bond motifs is 2. The van der Waals surface area contributed by atoms with Crippen molar-refractivity contribution in [2.75, 3.05) is 12.4 Å². The number of thioether (sulfide) groups is 1. The summed E-state index contributed by atoms with van der Waals surface area (Å²) in [4.78, 5) is 19.8. The average molecular weight is 434 g/mol. The summed E-state index contributed by atoms with van der Waals surface area (Å²) in [5.74, 6) is -0.256. The van der Waals surface area contributed by atoms with Crippen LogP contribution in [0.3, 0.4) is 0 Å². The number of rotatable bonds is 6. The number of aromatic amines is 1. The van der Waals surface area contributed by atoms with Gasteiger partial charge in [0.25, 0.3) is 0 Å². The Bertz CT molecular complexity index is 1330. The van der Waals surface area contributed by atoms with Crippen molar-refractivity contribution in [2.45, 2.75) is 12.0 Å². The van der Waals surface area contributed by atoms with Gasteiger partial charge >= 0.3 is 5.97 Å². The van der Waals surface area contributed by atoms with Crippen LogP contribution in [0, 0.1) is 5.82 Å². The number of carboxylic acids is 1. The molecule has 5 nitrogen and oxygen atoms in total. The molecule has 7 heteroatoms. The molecule has 0 saturated carbocycles. The second-order valence-corrected chi connectivity index (χ2v) is 8.65. The molecule has 4 aromatic rings. The number of aromatic nitrogens is 1. The van der Waals surface area contributed by atoms with E-state index < -0.39 is 11.5 Å². The number of nitrogens with zero attached hydrogens (tertiary/aromatic N) is 1. The summed E-state index contributed by atoms with van der Waals surface area (Å²) >= 11 is 1.40. The zero-order chi connectivity index (χ0) is 21.4. The van der Waals surface area contributed by atoms with Crippen LogP contribution in [0.25, 0.3) is 21.7 Å². The minimum atomic E-state index is -1.28. The van der Waals surface area contributed by atoms with E-state index in [2.05, 4.69) is 9.98 Å². The first-order valence-corrected chi connectivity index (χ1v) is 10.8. The third-order valence-corrected chi connectivity index (χ3v) is 6.60. The topological polar surface area (TPSA) is 74.7 Å². The van der Waals surface area contributed by atoms with Gasteiger partial charge < -0.3 is 14.8 Å². The Hall–Kier alpha value is -3.32. The molecule has 31 heavy (non-hydrogen) atoms. The second kappa shape index (κ2) is 7.74.